The Morgan fingerprint density at radius 2 is 1.82 bits per heavy atom. The summed E-state index contributed by atoms with van der Waals surface area (Å²) in [5.41, 5.74) is 3.75. The molecule has 28 heavy (non-hydrogen) atoms. The van der Waals surface area contributed by atoms with Gasteiger partial charge in [0.25, 0.3) is 5.91 Å². The number of para-hydroxylation sites is 1. The molecule has 1 N–H and O–H groups in total. The number of ether oxygens (including phenoxy) is 2. The van der Waals surface area contributed by atoms with Crippen LogP contribution in [0.25, 0.3) is 16.5 Å². The Bertz CT molecular complexity index is 1050. The molecule has 0 radical (unpaired) electrons. The Hall–Kier alpha value is -2.92. The number of aromatic nitrogens is 1. The average molecular weight is 397 g/mol. The van der Waals surface area contributed by atoms with Crippen LogP contribution in [-0.2, 0) is 0 Å². The standard InChI is InChI=1S/C22H21ClN2O3/c1-27-18-7-4-8-19(28-2)20(18)22(26)25-11-9-14(10-12-25)16-13-24-21-15(16)5-3-6-17(21)23/h3-9,13,24H,10-12H2,1-2H3. The number of hydrogen-bond acceptors (Lipinski definition) is 3. The summed E-state index contributed by atoms with van der Waals surface area (Å²) in [6.45, 7) is 1.15. The normalized spacial score (nSPS) is 14.1. The van der Waals surface area contributed by atoms with E-state index < -0.39 is 0 Å². The zero-order valence-electron chi connectivity index (χ0n) is 15.8. The molecule has 0 aliphatic carbocycles. The van der Waals surface area contributed by atoms with Crippen LogP contribution < -0.4 is 9.47 Å². The number of rotatable bonds is 4. The van der Waals surface area contributed by atoms with Crippen LogP contribution >= 0.6 is 11.6 Å². The van der Waals surface area contributed by atoms with E-state index in [-0.39, 0.29) is 5.91 Å². The summed E-state index contributed by atoms with van der Waals surface area (Å²) in [6, 6.07) is 11.2. The number of nitrogens with zero attached hydrogens (tertiary/aromatic N) is 1. The maximum absolute atomic E-state index is 13.1. The summed E-state index contributed by atoms with van der Waals surface area (Å²) in [4.78, 5) is 18.2. The fourth-order valence-corrected chi connectivity index (χ4v) is 3.93. The number of carbonyl (C=O) groups is 1. The maximum Gasteiger partial charge on any atom is 0.261 e. The first-order valence-corrected chi connectivity index (χ1v) is 9.47. The predicted octanol–water partition coefficient (Wildman–Crippen LogP) is 4.77. The second-order valence-electron chi connectivity index (χ2n) is 6.63. The van der Waals surface area contributed by atoms with Gasteiger partial charge in [-0.15, -0.1) is 0 Å². The number of methoxy groups -OCH3 is 2. The van der Waals surface area contributed by atoms with Crippen LogP contribution in [0, 0.1) is 0 Å². The third-order valence-electron chi connectivity index (χ3n) is 5.15. The lowest BCUT2D eigenvalue weighted by molar-refractivity contribution is 0.0766. The minimum Gasteiger partial charge on any atom is -0.496 e. The van der Waals surface area contributed by atoms with Gasteiger partial charge in [0.2, 0.25) is 0 Å². The van der Waals surface area contributed by atoms with Crippen LogP contribution in [0.15, 0.2) is 48.7 Å². The molecule has 1 aromatic heterocycles. The van der Waals surface area contributed by atoms with Gasteiger partial charge in [-0.3, -0.25) is 4.79 Å². The van der Waals surface area contributed by atoms with Gasteiger partial charge in [0.15, 0.2) is 0 Å². The highest BCUT2D eigenvalue weighted by Crippen LogP contribution is 2.34. The Morgan fingerprint density at radius 3 is 2.46 bits per heavy atom. The van der Waals surface area contributed by atoms with Gasteiger partial charge >= 0.3 is 0 Å². The summed E-state index contributed by atoms with van der Waals surface area (Å²) >= 11 is 6.27. The van der Waals surface area contributed by atoms with Crippen molar-refractivity contribution in [2.24, 2.45) is 0 Å². The molecule has 144 valence electrons. The van der Waals surface area contributed by atoms with Crippen molar-refractivity contribution in [1.29, 1.82) is 0 Å². The molecule has 0 bridgehead atoms. The highest BCUT2D eigenvalue weighted by molar-refractivity contribution is 6.35. The molecule has 0 spiro atoms. The van der Waals surface area contributed by atoms with E-state index in [2.05, 4.69) is 17.1 Å². The van der Waals surface area contributed by atoms with Gasteiger partial charge < -0.3 is 19.4 Å². The van der Waals surface area contributed by atoms with Crippen molar-refractivity contribution >= 4 is 34.0 Å². The van der Waals surface area contributed by atoms with E-state index in [1.54, 1.807) is 26.4 Å². The van der Waals surface area contributed by atoms with Gasteiger partial charge in [0, 0.05) is 30.2 Å². The number of H-pyrrole nitrogens is 1. The van der Waals surface area contributed by atoms with Gasteiger partial charge in [-0.05, 0) is 30.2 Å². The van der Waals surface area contributed by atoms with E-state index in [0.29, 0.717) is 35.2 Å². The van der Waals surface area contributed by atoms with Crippen LogP contribution in [0.1, 0.15) is 22.3 Å². The molecule has 0 fully saturated rings. The first kappa shape index (κ1) is 18.4. The van der Waals surface area contributed by atoms with Gasteiger partial charge in [-0.2, -0.15) is 0 Å². The molecule has 0 saturated carbocycles. The summed E-state index contributed by atoms with van der Waals surface area (Å²) in [5.74, 6) is 0.947. The van der Waals surface area contributed by atoms with E-state index in [0.717, 1.165) is 22.9 Å². The molecule has 0 atom stereocenters. The fourth-order valence-electron chi connectivity index (χ4n) is 3.70. The predicted molar refractivity (Wildman–Crippen MR) is 111 cm³/mol. The van der Waals surface area contributed by atoms with Crippen molar-refractivity contribution in [3.63, 3.8) is 0 Å². The average Bonchev–Trinajstić information content (AvgIpc) is 3.18. The number of hydrogen-bond donors (Lipinski definition) is 1. The molecule has 3 aromatic rings. The Labute approximate surface area is 168 Å². The second-order valence-corrected chi connectivity index (χ2v) is 7.04. The number of fused-ring (bicyclic) bond motifs is 1. The van der Waals surface area contributed by atoms with E-state index in [1.807, 2.05) is 29.3 Å². The molecular formula is C22H21ClN2O3. The van der Waals surface area contributed by atoms with Crippen molar-refractivity contribution in [3.8, 4) is 11.5 Å². The van der Waals surface area contributed by atoms with E-state index in [9.17, 15) is 4.79 Å². The zero-order chi connectivity index (χ0) is 19.7. The number of amides is 1. The Balaban J connectivity index is 1.61. The van der Waals surface area contributed by atoms with Crippen molar-refractivity contribution in [1.82, 2.24) is 9.88 Å². The van der Waals surface area contributed by atoms with Crippen LogP contribution in [0.3, 0.4) is 0 Å². The molecule has 4 rings (SSSR count). The first-order chi connectivity index (χ1) is 13.6. The van der Waals surface area contributed by atoms with Crippen LogP contribution in [0.4, 0.5) is 0 Å². The minimum absolute atomic E-state index is 0.0911. The summed E-state index contributed by atoms with van der Waals surface area (Å²) < 4.78 is 10.8. The molecule has 1 amide bonds. The third kappa shape index (κ3) is 3.12. The van der Waals surface area contributed by atoms with Gasteiger partial charge in [0.1, 0.15) is 17.1 Å². The van der Waals surface area contributed by atoms with E-state index in [1.165, 1.54) is 5.57 Å². The number of nitrogens with one attached hydrogen (secondary N) is 1. The molecule has 0 unspecified atom stereocenters. The summed E-state index contributed by atoms with van der Waals surface area (Å²) in [5, 5.41) is 1.81. The first-order valence-electron chi connectivity index (χ1n) is 9.09. The molecule has 1 aliphatic heterocycles. The molecule has 5 nitrogen and oxygen atoms in total. The van der Waals surface area contributed by atoms with Crippen LogP contribution in [0.5, 0.6) is 11.5 Å². The van der Waals surface area contributed by atoms with Crippen molar-refractivity contribution in [2.45, 2.75) is 6.42 Å². The van der Waals surface area contributed by atoms with E-state index >= 15 is 0 Å². The number of carbonyl (C=O) groups excluding carboxylic acids is 1. The quantitative estimate of drug-likeness (QED) is 0.691. The smallest absolute Gasteiger partial charge is 0.261 e. The lowest BCUT2D eigenvalue weighted by atomic mass is 9.98. The van der Waals surface area contributed by atoms with Crippen LogP contribution in [-0.4, -0.2) is 43.1 Å². The Kier molecular flexibility index (Phi) is 5.01. The largest absolute Gasteiger partial charge is 0.496 e. The van der Waals surface area contributed by atoms with Crippen molar-refractivity contribution < 1.29 is 14.3 Å². The molecule has 2 heterocycles. The minimum atomic E-state index is -0.0911. The molecule has 2 aromatic carbocycles. The number of aromatic amines is 1. The summed E-state index contributed by atoms with van der Waals surface area (Å²) in [6.07, 6.45) is 4.86. The number of benzene rings is 2. The monoisotopic (exact) mass is 396 g/mol. The maximum atomic E-state index is 13.1. The van der Waals surface area contributed by atoms with Gasteiger partial charge in [0.05, 0.1) is 24.8 Å². The van der Waals surface area contributed by atoms with Gasteiger partial charge in [-0.25, -0.2) is 0 Å². The second kappa shape index (κ2) is 7.60. The van der Waals surface area contributed by atoms with Gasteiger partial charge in [-0.1, -0.05) is 35.9 Å². The highest BCUT2D eigenvalue weighted by atomic mass is 35.5. The molecular weight excluding hydrogens is 376 g/mol. The summed E-state index contributed by atoms with van der Waals surface area (Å²) in [7, 11) is 3.11. The zero-order valence-corrected chi connectivity index (χ0v) is 16.5. The SMILES string of the molecule is COc1cccc(OC)c1C(=O)N1CC=C(c2c[nH]c3c(Cl)cccc23)CC1. The fraction of sp³-hybridized carbons (Fsp3) is 0.227. The van der Waals surface area contributed by atoms with Crippen LogP contribution in [0.2, 0.25) is 5.02 Å². The van der Waals surface area contributed by atoms with E-state index in [4.69, 9.17) is 21.1 Å². The lowest BCUT2D eigenvalue weighted by Gasteiger charge is -2.27. The Morgan fingerprint density at radius 1 is 1.11 bits per heavy atom. The van der Waals surface area contributed by atoms with Crippen molar-refractivity contribution in [2.75, 3.05) is 27.3 Å². The lowest BCUT2D eigenvalue weighted by Crippen LogP contribution is -2.35. The topological polar surface area (TPSA) is 54.6 Å². The molecule has 6 heteroatoms. The third-order valence-corrected chi connectivity index (χ3v) is 5.46. The highest BCUT2D eigenvalue weighted by Gasteiger charge is 2.26. The molecule has 0 saturated heterocycles. The number of halogens is 1. The van der Waals surface area contributed by atoms with Crippen molar-refractivity contribution in [3.05, 3.63) is 64.8 Å². The molecule has 1 aliphatic rings.